The van der Waals surface area contributed by atoms with E-state index in [9.17, 15) is 18.5 Å². The molecule has 3 N–H and O–H groups in total. The molecule has 0 bridgehead atoms. The maximum Gasteiger partial charge on any atom is 0.270 e. The number of rotatable bonds is 6. The second-order valence-corrected chi connectivity index (χ2v) is 5.71. The molecule has 0 radical (unpaired) electrons. The zero-order valence-electron chi connectivity index (χ0n) is 10.8. The summed E-state index contributed by atoms with van der Waals surface area (Å²) in [5.74, 6) is 0. The molecule has 0 saturated heterocycles. The van der Waals surface area contributed by atoms with Crippen LogP contribution in [0.4, 0.5) is 11.4 Å². The van der Waals surface area contributed by atoms with Crippen molar-refractivity contribution in [2.45, 2.75) is 11.4 Å². The van der Waals surface area contributed by atoms with Crippen molar-refractivity contribution in [3.8, 4) is 0 Å². The quantitative estimate of drug-likeness (QED) is 0.591. The molecule has 0 amide bonds. The molecule has 1 aromatic carbocycles. The molecule has 2 aromatic rings. The second-order valence-electron chi connectivity index (χ2n) is 4.18. The second kappa shape index (κ2) is 5.89. The Morgan fingerprint density at radius 1 is 1.43 bits per heavy atom. The Balaban J connectivity index is 2.20. The Labute approximate surface area is 120 Å². The van der Waals surface area contributed by atoms with Crippen molar-refractivity contribution in [1.29, 1.82) is 0 Å². The first-order valence-electron chi connectivity index (χ1n) is 5.90. The van der Waals surface area contributed by atoms with E-state index in [1.54, 1.807) is 23.1 Å². The molecule has 0 aliphatic heterocycles. The average Bonchev–Trinajstić information content (AvgIpc) is 2.90. The van der Waals surface area contributed by atoms with Crippen molar-refractivity contribution >= 4 is 21.4 Å². The van der Waals surface area contributed by atoms with Gasteiger partial charge < -0.3 is 5.32 Å². The summed E-state index contributed by atoms with van der Waals surface area (Å²) in [4.78, 5) is 9.71. The largest absolute Gasteiger partial charge is 0.382 e. The van der Waals surface area contributed by atoms with E-state index in [-0.39, 0.29) is 16.3 Å². The lowest BCUT2D eigenvalue weighted by molar-refractivity contribution is -0.385. The molecule has 0 aliphatic rings. The molecule has 21 heavy (non-hydrogen) atoms. The van der Waals surface area contributed by atoms with Crippen LogP contribution < -0.4 is 10.5 Å². The SMILES string of the molecule is NS(=O)(=O)c1cc([N+](=O)[O-])ccc1NCCn1cccn1. The third kappa shape index (κ3) is 3.77. The highest BCUT2D eigenvalue weighted by atomic mass is 32.2. The van der Waals surface area contributed by atoms with E-state index in [0.717, 1.165) is 6.07 Å². The molecule has 1 heterocycles. The van der Waals surface area contributed by atoms with Crippen LogP contribution in [-0.4, -0.2) is 29.7 Å². The van der Waals surface area contributed by atoms with E-state index in [2.05, 4.69) is 10.4 Å². The number of aromatic nitrogens is 2. The number of hydrogen-bond acceptors (Lipinski definition) is 6. The predicted molar refractivity (Wildman–Crippen MR) is 75.2 cm³/mol. The van der Waals surface area contributed by atoms with Crippen LogP contribution in [0.1, 0.15) is 0 Å². The first kappa shape index (κ1) is 14.9. The lowest BCUT2D eigenvalue weighted by Crippen LogP contribution is -2.17. The maximum atomic E-state index is 11.5. The number of anilines is 1. The minimum absolute atomic E-state index is 0.218. The number of primary sulfonamides is 1. The smallest absolute Gasteiger partial charge is 0.270 e. The Bertz CT molecular complexity index is 742. The van der Waals surface area contributed by atoms with Gasteiger partial charge in [-0.3, -0.25) is 14.8 Å². The molecular formula is C11H13N5O4S. The first-order valence-corrected chi connectivity index (χ1v) is 7.45. The normalized spacial score (nSPS) is 11.3. The van der Waals surface area contributed by atoms with Crippen LogP contribution in [0, 0.1) is 10.1 Å². The van der Waals surface area contributed by atoms with Gasteiger partial charge in [0.2, 0.25) is 10.0 Å². The van der Waals surface area contributed by atoms with Gasteiger partial charge in [-0.25, -0.2) is 13.6 Å². The standard InChI is InChI=1S/C11H13N5O4S/c12-21(19,20)11-8-9(16(17)18)2-3-10(11)13-5-7-15-6-1-4-14-15/h1-4,6,8,13H,5,7H2,(H2,12,19,20). The van der Waals surface area contributed by atoms with Gasteiger partial charge in [-0.1, -0.05) is 0 Å². The number of nitrogens with one attached hydrogen (secondary N) is 1. The van der Waals surface area contributed by atoms with Crippen LogP contribution in [0.15, 0.2) is 41.6 Å². The monoisotopic (exact) mass is 311 g/mol. The topological polar surface area (TPSA) is 133 Å². The molecule has 10 heteroatoms. The molecule has 9 nitrogen and oxygen atoms in total. The van der Waals surface area contributed by atoms with E-state index in [1.165, 1.54) is 12.1 Å². The van der Waals surface area contributed by atoms with E-state index in [0.29, 0.717) is 13.1 Å². The number of nitro groups is 1. The summed E-state index contributed by atoms with van der Waals surface area (Å²) in [6.07, 6.45) is 3.39. The fourth-order valence-corrected chi connectivity index (χ4v) is 2.48. The molecular weight excluding hydrogens is 298 g/mol. The van der Waals surface area contributed by atoms with Crippen molar-refractivity contribution in [2.24, 2.45) is 5.14 Å². The molecule has 0 atom stereocenters. The zero-order valence-corrected chi connectivity index (χ0v) is 11.7. The Kier molecular flexibility index (Phi) is 4.19. The van der Waals surface area contributed by atoms with Crippen LogP contribution in [0.25, 0.3) is 0 Å². The number of benzene rings is 1. The lowest BCUT2D eigenvalue weighted by atomic mass is 10.3. The van der Waals surface area contributed by atoms with Gasteiger partial charge in [0.15, 0.2) is 0 Å². The zero-order chi connectivity index (χ0) is 15.5. The minimum Gasteiger partial charge on any atom is -0.382 e. The summed E-state index contributed by atoms with van der Waals surface area (Å²) < 4.78 is 24.7. The Morgan fingerprint density at radius 3 is 2.76 bits per heavy atom. The highest BCUT2D eigenvalue weighted by molar-refractivity contribution is 7.89. The number of non-ortho nitro benzene ring substituents is 1. The van der Waals surface area contributed by atoms with Gasteiger partial charge in [-0.15, -0.1) is 0 Å². The Morgan fingerprint density at radius 2 is 2.19 bits per heavy atom. The number of nitrogens with zero attached hydrogens (tertiary/aromatic N) is 3. The van der Waals surface area contributed by atoms with Crippen molar-refractivity contribution < 1.29 is 13.3 Å². The molecule has 1 aromatic heterocycles. The summed E-state index contributed by atoms with van der Waals surface area (Å²) in [6, 6.07) is 5.24. The summed E-state index contributed by atoms with van der Waals surface area (Å²) >= 11 is 0. The van der Waals surface area contributed by atoms with E-state index in [4.69, 9.17) is 5.14 Å². The molecule has 0 aliphatic carbocycles. The van der Waals surface area contributed by atoms with E-state index in [1.807, 2.05) is 0 Å². The number of nitrogens with two attached hydrogens (primary N) is 1. The molecule has 0 saturated carbocycles. The van der Waals surface area contributed by atoms with Gasteiger partial charge in [-0.2, -0.15) is 5.10 Å². The summed E-state index contributed by atoms with van der Waals surface area (Å²) in [7, 11) is -4.06. The van der Waals surface area contributed by atoms with Gasteiger partial charge in [0.05, 0.1) is 17.2 Å². The minimum atomic E-state index is -4.06. The van der Waals surface area contributed by atoms with E-state index < -0.39 is 14.9 Å². The van der Waals surface area contributed by atoms with Crippen molar-refractivity contribution in [3.63, 3.8) is 0 Å². The van der Waals surface area contributed by atoms with Crippen LogP contribution >= 0.6 is 0 Å². The molecule has 2 rings (SSSR count). The molecule has 0 fully saturated rings. The highest BCUT2D eigenvalue weighted by Crippen LogP contribution is 2.25. The fourth-order valence-electron chi connectivity index (χ4n) is 1.74. The van der Waals surface area contributed by atoms with Gasteiger partial charge in [0.25, 0.3) is 5.69 Å². The average molecular weight is 311 g/mol. The van der Waals surface area contributed by atoms with Crippen LogP contribution in [0.3, 0.4) is 0 Å². The van der Waals surface area contributed by atoms with Gasteiger partial charge in [-0.05, 0) is 12.1 Å². The van der Waals surface area contributed by atoms with Crippen LogP contribution in [0.5, 0.6) is 0 Å². The maximum absolute atomic E-state index is 11.5. The third-order valence-electron chi connectivity index (χ3n) is 2.70. The molecule has 0 spiro atoms. The third-order valence-corrected chi connectivity index (χ3v) is 3.65. The number of hydrogen-bond donors (Lipinski definition) is 2. The molecule has 112 valence electrons. The van der Waals surface area contributed by atoms with Gasteiger partial charge >= 0.3 is 0 Å². The Hall–Kier alpha value is -2.46. The number of sulfonamides is 1. The van der Waals surface area contributed by atoms with Crippen molar-refractivity contribution in [3.05, 3.63) is 46.8 Å². The summed E-state index contributed by atoms with van der Waals surface area (Å²) in [6.45, 7) is 0.899. The van der Waals surface area contributed by atoms with Crippen molar-refractivity contribution in [1.82, 2.24) is 9.78 Å². The highest BCUT2D eigenvalue weighted by Gasteiger charge is 2.18. The summed E-state index contributed by atoms with van der Waals surface area (Å²) in [5, 5.41) is 22.7. The summed E-state index contributed by atoms with van der Waals surface area (Å²) in [5.41, 5.74) is -0.119. The van der Waals surface area contributed by atoms with Crippen LogP contribution in [-0.2, 0) is 16.6 Å². The number of nitro benzene ring substituents is 1. The fraction of sp³-hybridized carbons (Fsp3) is 0.182. The lowest BCUT2D eigenvalue weighted by Gasteiger charge is -2.10. The predicted octanol–water partition coefficient (Wildman–Crippen LogP) is 0.551. The van der Waals surface area contributed by atoms with E-state index >= 15 is 0 Å². The van der Waals surface area contributed by atoms with Gasteiger partial charge in [0.1, 0.15) is 4.90 Å². The van der Waals surface area contributed by atoms with Gasteiger partial charge in [0, 0.05) is 31.1 Å². The van der Waals surface area contributed by atoms with Crippen LogP contribution in [0.2, 0.25) is 0 Å². The first-order chi connectivity index (χ1) is 9.88. The molecule has 0 unspecified atom stereocenters. The van der Waals surface area contributed by atoms with Crippen molar-refractivity contribution in [2.75, 3.05) is 11.9 Å².